The Morgan fingerprint density at radius 3 is 2.52 bits per heavy atom. The molecule has 1 aliphatic heterocycles. The third kappa shape index (κ3) is 5.86. The van der Waals surface area contributed by atoms with Crippen molar-refractivity contribution in [2.24, 2.45) is 0 Å². The quantitative estimate of drug-likeness (QED) is 0.220. The first-order chi connectivity index (χ1) is 15.6. The van der Waals surface area contributed by atoms with E-state index in [9.17, 15) is 14.4 Å². The Morgan fingerprint density at radius 2 is 1.91 bits per heavy atom. The molecular weight excluding hydrogens is 499 g/mol. The zero-order chi connectivity index (χ0) is 24.3. The van der Waals surface area contributed by atoms with Crippen molar-refractivity contribution in [3.8, 4) is 0 Å². The third-order valence-corrected chi connectivity index (χ3v) is 6.30. The maximum absolute atomic E-state index is 11.9. The van der Waals surface area contributed by atoms with Crippen molar-refractivity contribution in [3.05, 3.63) is 16.8 Å². The molecule has 0 radical (unpaired) electrons. The molecule has 5 atom stereocenters. The van der Waals surface area contributed by atoms with Crippen molar-refractivity contribution < 1.29 is 33.3 Å². The monoisotopic (exact) mass is 520 g/mol. The standard InChI is InChI=1S/C19H22Cl2N4O7S/c1-5-33-15-14(31-10(4)28)13(11(30-9(3)27)6-29-8(2)26)32-18(15)25-7-22-12-16(20)23-19(21)24-17(12)25/h7,11,13-15,18H,5-6H2,1-4H3/t11-,13+,14-,15+,18+/m1/s1. The van der Waals surface area contributed by atoms with Crippen LogP contribution in [0.15, 0.2) is 6.33 Å². The molecule has 2 aromatic heterocycles. The Morgan fingerprint density at radius 1 is 1.18 bits per heavy atom. The molecule has 2 aromatic rings. The molecule has 1 saturated heterocycles. The molecule has 33 heavy (non-hydrogen) atoms. The normalized spacial score (nSPS) is 23.3. The average Bonchev–Trinajstić information content (AvgIpc) is 3.27. The minimum Gasteiger partial charge on any atom is -0.462 e. The summed E-state index contributed by atoms with van der Waals surface area (Å²) in [4.78, 5) is 47.5. The van der Waals surface area contributed by atoms with Gasteiger partial charge >= 0.3 is 17.9 Å². The topological polar surface area (TPSA) is 132 Å². The predicted molar refractivity (Wildman–Crippen MR) is 119 cm³/mol. The summed E-state index contributed by atoms with van der Waals surface area (Å²) in [6.07, 6.45) is -2.11. The van der Waals surface area contributed by atoms with Gasteiger partial charge in [0.1, 0.15) is 24.3 Å². The van der Waals surface area contributed by atoms with Crippen molar-refractivity contribution in [2.75, 3.05) is 12.4 Å². The molecule has 0 N–H and O–H groups in total. The highest BCUT2D eigenvalue weighted by atomic mass is 35.5. The Labute approximate surface area is 203 Å². The first-order valence-electron chi connectivity index (χ1n) is 9.92. The van der Waals surface area contributed by atoms with Gasteiger partial charge in [0.25, 0.3) is 0 Å². The molecule has 0 saturated carbocycles. The lowest BCUT2D eigenvalue weighted by Gasteiger charge is -2.27. The number of carbonyl (C=O) groups is 3. The second-order valence-corrected chi connectivity index (χ2v) is 9.19. The van der Waals surface area contributed by atoms with Crippen LogP contribution in [0, 0.1) is 0 Å². The van der Waals surface area contributed by atoms with Crippen molar-refractivity contribution >= 4 is 64.0 Å². The van der Waals surface area contributed by atoms with Crippen LogP contribution in [0.25, 0.3) is 11.2 Å². The number of nitrogens with zero attached hydrogens (tertiary/aromatic N) is 4. The van der Waals surface area contributed by atoms with Crippen molar-refractivity contribution in [3.63, 3.8) is 0 Å². The van der Waals surface area contributed by atoms with Gasteiger partial charge in [0, 0.05) is 20.8 Å². The molecule has 11 nitrogen and oxygen atoms in total. The van der Waals surface area contributed by atoms with Crippen LogP contribution in [-0.4, -0.2) is 73.3 Å². The van der Waals surface area contributed by atoms with E-state index in [1.165, 1.54) is 38.9 Å². The minimum atomic E-state index is -1.03. The van der Waals surface area contributed by atoms with E-state index in [-0.39, 0.29) is 17.0 Å². The first-order valence-corrected chi connectivity index (χ1v) is 11.7. The molecule has 0 bridgehead atoms. The maximum atomic E-state index is 11.9. The van der Waals surface area contributed by atoms with E-state index in [0.29, 0.717) is 16.9 Å². The summed E-state index contributed by atoms with van der Waals surface area (Å²) in [5, 5.41) is -0.459. The molecule has 0 amide bonds. The number of imidazole rings is 1. The van der Waals surface area contributed by atoms with Crippen LogP contribution in [-0.2, 0) is 33.3 Å². The highest BCUT2D eigenvalue weighted by molar-refractivity contribution is 7.99. The molecule has 0 spiro atoms. The van der Waals surface area contributed by atoms with Gasteiger partial charge < -0.3 is 18.9 Å². The van der Waals surface area contributed by atoms with Crippen LogP contribution in [0.5, 0.6) is 0 Å². The number of rotatable bonds is 8. The summed E-state index contributed by atoms with van der Waals surface area (Å²) in [6.45, 7) is 5.37. The lowest BCUT2D eigenvalue weighted by molar-refractivity contribution is -0.176. The second kappa shape index (κ2) is 10.9. The lowest BCUT2D eigenvalue weighted by atomic mass is 10.1. The fourth-order valence-corrected chi connectivity index (χ4v) is 5.10. The fourth-order valence-electron chi connectivity index (χ4n) is 3.54. The molecule has 180 valence electrons. The van der Waals surface area contributed by atoms with E-state index in [4.69, 9.17) is 42.1 Å². The summed E-state index contributed by atoms with van der Waals surface area (Å²) in [6, 6.07) is 0. The molecule has 1 aliphatic rings. The molecule has 0 aromatic carbocycles. The third-order valence-electron chi connectivity index (χ3n) is 4.65. The molecule has 0 aliphatic carbocycles. The predicted octanol–water partition coefficient (Wildman–Crippen LogP) is 2.58. The highest BCUT2D eigenvalue weighted by Gasteiger charge is 2.52. The smallest absolute Gasteiger partial charge is 0.303 e. The molecule has 14 heteroatoms. The number of esters is 3. The van der Waals surface area contributed by atoms with Crippen LogP contribution in [0.4, 0.5) is 0 Å². The van der Waals surface area contributed by atoms with E-state index in [1.54, 1.807) is 4.57 Å². The van der Waals surface area contributed by atoms with Crippen LogP contribution in [0.3, 0.4) is 0 Å². The zero-order valence-corrected chi connectivity index (χ0v) is 20.5. The van der Waals surface area contributed by atoms with Crippen LogP contribution >= 0.6 is 35.0 Å². The minimum absolute atomic E-state index is 0.0715. The van der Waals surface area contributed by atoms with Crippen LogP contribution in [0.1, 0.15) is 33.9 Å². The van der Waals surface area contributed by atoms with Gasteiger partial charge in [-0.2, -0.15) is 16.7 Å². The zero-order valence-electron chi connectivity index (χ0n) is 18.2. The SMILES string of the molecule is CCS[C@H]1[C@H](OC(C)=O)[C@H]([C@@H](COC(C)=O)OC(C)=O)O[C@@H]1n1cnc2c(Cl)nc(Cl)nc21. The van der Waals surface area contributed by atoms with Gasteiger partial charge in [-0.1, -0.05) is 18.5 Å². The van der Waals surface area contributed by atoms with E-state index in [2.05, 4.69) is 15.0 Å². The van der Waals surface area contributed by atoms with Gasteiger partial charge in [-0.05, 0) is 17.4 Å². The van der Waals surface area contributed by atoms with Gasteiger partial charge in [-0.25, -0.2) is 9.97 Å². The molecule has 3 heterocycles. The molecule has 0 unspecified atom stereocenters. The average molecular weight is 521 g/mol. The van der Waals surface area contributed by atoms with E-state index >= 15 is 0 Å². The van der Waals surface area contributed by atoms with Gasteiger partial charge in [-0.3, -0.25) is 19.0 Å². The highest BCUT2D eigenvalue weighted by Crippen LogP contribution is 2.42. The van der Waals surface area contributed by atoms with E-state index in [1.807, 2.05) is 6.92 Å². The second-order valence-electron chi connectivity index (χ2n) is 7.04. The Bertz CT molecular complexity index is 1050. The molecular formula is C19H22Cl2N4O7S. The Hall–Kier alpha value is -2.15. The number of fused-ring (bicyclic) bond motifs is 1. The summed E-state index contributed by atoms with van der Waals surface area (Å²) in [5.74, 6) is -1.07. The summed E-state index contributed by atoms with van der Waals surface area (Å²) < 4.78 is 24.0. The van der Waals surface area contributed by atoms with Gasteiger partial charge in [0.2, 0.25) is 5.28 Å². The van der Waals surface area contributed by atoms with Crippen LogP contribution in [0.2, 0.25) is 10.4 Å². The van der Waals surface area contributed by atoms with Gasteiger partial charge in [0.05, 0.1) is 11.6 Å². The van der Waals surface area contributed by atoms with Gasteiger partial charge in [0.15, 0.2) is 23.1 Å². The first kappa shape index (κ1) is 25.5. The Kier molecular flexibility index (Phi) is 8.38. The number of carbonyl (C=O) groups excluding carboxylic acids is 3. The lowest BCUT2D eigenvalue weighted by Crippen LogP contribution is -2.45. The van der Waals surface area contributed by atoms with E-state index in [0.717, 1.165) is 0 Å². The van der Waals surface area contributed by atoms with Crippen LogP contribution < -0.4 is 0 Å². The maximum Gasteiger partial charge on any atom is 0.303 e. The van der Waals surface area contributed by atoms with Crippen molar-refractivity contribution in [2.45, 2.75) is 57.5 Å². The molecule has 1 fully saturated rings. The Balaban J connectivity index is 2.06. The van der Waals surface area contributed by atoms with Gasteiger partial charge in [-0.15, -0.1) is 0 Å². The fraction of sp³-hybridized carbons (Fsp3) is 0.579. The number of halogens is 2. The van der Waals surface area contributed by atoms with Crippen molar-refractivity contribution in [1.82, 2.24) is 19.5 Å². The summed E-state index contributed by atoms with van der Waals surface area (Å²) in [5.41, 5.74) is 0.631. The van der Waals surface area contributed by atoms with Crippen molar-refractivity contribution in [1.29, 1.82) is 0 Å². The summed E-state index contributed by atoms with van der Waals surface area (Å²) in [7, 11) is 0. The number of hydrogen-bond acceptors (Lipinski definition) is 11. The number of aromatic nitrogens is 4. The number of ether oxygens (including phenoxy) is 4. The number of hydrogen-bond donors (Lipinski definition) is 0. The largest absolute Gasteiger partial charge is 0.462 e. The summed E-state index contributed by atoms with van der Waals surface area (Å²) >= 11 is 13.6. The van der Waals surface area contributed by atoms with E-state index < -0.39 is 47.7 Å². The number of thioether (sulfide) groups is 1. The molecule has 3 rings (SSSR count).